The molecule has 1 aromatic rings. The first-order chi connectivity index (χ1) is 7.83. The van der Waals surface area contributed by atoms with Crippen LogP contribution >= 0.6 is 0 Å². The molecule has 1 atom stereocenters. The Bertz CT molecular complexity index is 340. The normalized spacial score (nSPS) is 20.4. The molecule has 3 heteroatoms. The molecule has 2 N–H and O–H groups in total. The topological polar surface area (TPSA) is 38.5 Å². The molecule has 0 amide bonds. The quantitative estimate of drug-likeness (QED) is 0.846. The molecule has 0 saturated heterocycles. The molecule has 0 bridgehead atoms. The molecule has 0 aliphatic carbocycles. The number of ether oxygens (including phenoxy) is 1. The minimum atomic E-state index is 0.184. The number of anilines is 1. The molecule has 88 valence electrons. The fourth-order valence-corrected chi connectivity index (χ4v) is 2.30. The third kappa shape index (κ3) is 2.36. The van der Waals surface area contributed by atoms with Gasteiger partial charge in [0.05, 0.1) is 6.61 Å². The van der Waals surface area contributed by atoms with Crippen LogP contribution in [0, 0.1) is 0 Å². The first-order valence-electron chi connectivity index (χ1n) is 5.91. The Hall–Kier alpha value is -1.06. The molecule has 1 unspecified atom stereocenters. The highest BCUT2D eigenvalue weighted by Crippen LogP contribution is 2.30. The van der Waals surface area contributed by atoms with Gasteiger partial charge in [0, 0.05) is 31.9 Å². The van der Waals surface area contributed by atoms with Crippen molar-refractivity contribution < 1.29 is 4.74 Å². The van der Waals surface area contributed by atoms with Crippen molar-refractivity contribution >= 4 is 5.69 Å². The van der Waals surface area contributed by atoms with E-state index in [0.29, 0.717) is 0 Å². The van der Waals surface area contributed by atoms with Gasteiger partial charge in [-0.1, -0.05) is 18.2 Å². The molecule has 0 spiro atoms. The average Bonchev–Trinajstić information content (AvgIpc) is 2.47. The maximum atomic E-state index is 6.18. The van der Waals surface area contributed by atoms with Crippen LogP contribution in [0.2, 0.25) is 0 Å². The lowest BCUT2D eigenvalue weighted by atomic mass is 10.0. The number of hydrogen-bond acceptors (Lipinski definition) is 3. The SMILES string of the molecule is COCCN1CCCC(N)c2ccccc21. The van der Waals surface area contributed by atoms with Gasteiger partial charge in [0.2, 0.25) is 0 Å². The van der Waals surface area contributed by atoms with Gasteiger partial charge in [0.25, 0.3) is 0 Å². The van der Waals surface area contributed by atoms with E-state index in [1.165, 1.54) is 11.3 Å². The second-order valence-electron chi connectivity index (χ2n) is 4.29. The lowest BCUT2D eigenvalue weighted by Crippen LogP contribution is -2.28. The molecule has 16 heavy (non-hydrogen) atoms. The minimum absolute atomic E-state index is 0.184. The molecular formula is C13H20N2O. The molecule has 2 rings (SSSR count). The summed E-state index contributed by atoms with van der Waals surface area (Å²) in [6.45, 7) is 2.79. The molecule has 3 nitrogen and oxygen atoms in total. The molecule has 1 heterocycles. The van der Waals surface area contributed by atoms with E-state index in [9.17, 15) is 0 Å². The van der Waals surface area contributed by atoms with Crippen LogP contribution in [0.3, 0.4) is 0 Å². The van der Waals surface area contributed by atoms with Gasteiger partial charge in [-0.25, -0.2) is 0 Å². The number of hydrogen-bond donors (Lipinski definition) is 1. The zero-order valence-corrected chi connectivity index (χ0v) is 9.86. The van der Waals surface area contributed by atoms with E-state index >= 15 is 0 Å². The van der Waals surface area contributed by atoms with E-state index < -0.39 is 0 Å². The summed E-state index contributed by atoms with van der Waals surface area (Å²) in [7, 11) is 1.75. The summed E-state index contributed by atoms with van der Waals surface area (Å²) >= 11 is 0. The van der Waals surface area contributed by atoms with E-state index in [-0.39, 0.29) is 6.04 Å². The third-order valence-corrected chi connectivity index (χ3v) is 3.19. The number of benzene rings is 1. The summed E-state index contributed by atoms with van der Waals surface area (Å²) < 4.78 is 5.15. The number of methoxy groups -OCH3 is 1. The van der Waals surface area contributed by atoms with Gasteiger partial charge in [-0.15, -0.1) is 0 Å². The van der Waals surface area contributed by atoms with Crippen molar-refractivity contribution in [2.24, 2.45) is 5.73 Å². The van der Waals surface area contributed by atoms with Crippen LogP contribution in [0.5, 0.6) is 0 Å². The van der Waals surface area contributed by atoms with E-state index in [1.807, 2.05) is 0 Å². The van der Waals surface area contributed by atoms with E-state index in [2.05, 4.69) is 29.2 Å². The van der Waals surface area contributed by atoms with E-state index in [1.54, 1.807) is 7.11 Å². The Kier molecular flexibility index (Phi) is 3.80. The predicted molar refractivity (Wildman–Crippen MR) is 66.7 cm³/mol. The van der Waals surface area contributed by atoms with Crippen LogP contribution in [0.25, 0.3) is 0 Å². The highest BCUT2D eigenvalue weighted by molar-refractivity contribution is 5.55. The fraction of sp³-hybridized carbons (Fsp3) is 0.538. The van der Waals surface area contributed by atoms with Crippen LogP contribution in [0.15, 0.2) is 24.3 Å². The van der Waals surface area contributed by atoms with Gasteiger partial charge < -0.3 is 15.4 Å². The second-order valence-corrected chi connectivity index (χ2v) is 4.29. The van der Waals surface area contributed by atoms with Crippen LogP contribution in [0.4, 0.5) is 5.69 Å². The number of rotatable bonds is 3. The zero-order valence-electron chi connectivity index (χ0n) is 9.86. The second kappa shape index (κ2) is 5.32. The van der Waals surface area contributed by atoms with Crippen molar-refractivity contribution in [2.45, 2.75) is 18.9 Å². The molecular weight excluding hydrogens is 200 g/mol. The molecule has 0 aromatic heterocycles. The summed E-state index contributed by atoms with van der Waals surface area (Å²) in [6.07, 6.45) is 2.22. The summed E-state index contributed by atoms with van der Waals surface area (Å²) in [5, 5.41) is 0. The summed E-state index contributed by atoms with van der Waals surface area (Å²) in [5.74, 6) is 0. The van der Waals surface area contributed by atoms with Gasteiger partial charge >= 0.3 is 0 Å². The number of nitrogens with two attached hydrogens (primary N) is 1. The molecule has 0 fully saturated rings. The van der Waals surface area contributed by atoms with Crippen LogP contribution in [0.1, 0.15) is 24.4 Å². The van der Waals surface area contributed by atoms with Crippen LogP contribution in [-0.4, -0.2) is 26.8 Å². The van der Waals surface area contributed by atoms with Crippen molar-refractivity contribution in [1.82, 2.24) is 0 Å². The summed E-state index contributed by atoms with van der Waals surface area (Å²) in [4.78, 5) is 2.38. The Morgan fingerprint density at radius 1 is 1.44 bits per heavy atom. The predicted octanol–water partition coefficient (Wildman–Crippen LogP) is 1.93. The summed E-state index contributed by atoms with van der Waals surface area (Å²) in [6, 6.07) is 8.64. The Balaban J connectivity index is 2.24. The fourth-order valence-electron chi connectivity index (χ4n) is 2.30. The summed E-state index contributed by atoms with van der Waals surface area (Å²) in [5.41, 5.74) is 8.74. The van der Waals surface area contributed by atoms with Crippen molar-refractivity contribution in [3.63, 3.8) is 0 Å². The lowest BCUT2D eigenvalue weighted by Gasteiger charge is -2.24. The van der Waals surface area contributed by atoms with Crippen molar-refractivity contribution in [1.29, 1.82) is 0 Å². The smallest absolute Gasteiger partial charge is 0.0637 e. The first kappa shape index (κ1) is 11.4. The van der Waals surface area contributed by atoms with Gasteiger partial charge in [0.1, 0.15) is 0 Å². The maximum Gasteiger partial charge on any atom is 0.0637 e. The van der Waals surface area contributed by atoms with Crippen LogP contribution in [-0.2, 0) is 4.74 Å². The zero-order chi connectivity index (χ0) is 11.4. The van der Waals surface area contributed by atoms with Crippen molar-refractivity contribution in [3.05, 3.63) is 29.8 Å². The number of fused-ring (bicyclic) bond motifs is 1. The average molecular weight is 220 g/mol. The lowest BCUT2D eigenvalue weighted by molar-refractivity contribution is 0.205. The molecule has 1 aromatic carbocycles. The molecule has 0 saturated carbocycles. The highest BCUT2D eigenvalue weighted by Gasteiger charge is 2.19. The monoisotopic (exact) mass is 220 g/mol. The van der Waals surface area contributed by atoms with Crippen molar-refractivity contribution in [3.8, 4) is 0 Å². The largest absolute Gasteiger partial charge is 0.383 e. The van der Waals surface area contributed by atoms with E-state index in [0.717, 1.165) is 32.5 Å². The van der Waals surface area contributed by atoms with Gasteiger partial charge in [0.15, 0.2) is 0 Å². The Morgan fingerprint density at radius 3 is 3.06 bits per heavy atom. The highest BCUT2D eigenvalue weighted by atomic mass is 16.5. The Morgan fingerprint density at radius 2 is 2.25 bits per heavy atom. The third-order valence-electron chi connectivity index (χ3n) is 3.19. The molecule has 0 radical (unpaired) electrons. The first-order valence-corrected chi connectivity index (χ1v) is 5.91. The Labute approximate surface area is 97.2 Å². The maximum absolute atomic E-state index is 6.18. The number of nitrogens with zero attached hydrogens (tertiary/aromatic N) is 1. The van der Waals surface area contributed by atoms with Gasteiger partial charge in [-0.2, -0.15) is 0 Å². The van der Waals surface area contributed by atoms with Crippen LogP contribution < -0.4 is 10.6 Å². The van der Waals surface area contributed by atoms with Crippen molar-refractivity contribution in [2.75, 3.05) is 31.7 Å². The molecule has 1 aliphatic rings. The number of para-hydroxylation sites is 1. The molecule has 1 aliphatic heterocycles. The minimum Gasteiger partial charge on any atom is -0.383 e. The standard InChI is InChI=1S/C13H20N2O/c1-16-10-9-15-8-4-6-12(14)11-5-2-3-7-13(11)15/h2-3,5,7,12H,4,6,8-10,14H2,1H3. The van der Waals surface area contributed by atoms with E-state index in [4.69, 9.17) is 10.5 Å². The van der Waals surface area contributed by atoms with Gasteiger partial charge in [-0.05, 0) is 24.5 Å². The van der Waals surface area contributed by atoms with Gasteiger partial charge in [-0.3, -0.25) is 0 Å².